The van der Waals surface area contributed by atoms with Gasteiger partial charge >= 0.3 is 0 Å². The van der Waals surface area contributed by atoms with Crippen molar-refractivity contribution < 1.29 is 4.79 Å². The van der Waals surface area contributed by atoms with Crippen LogP contribution in [0.2, 0.25) is 0 Å². The monoisotopic (exact) mass is 275 g/mol. The van der Waals surface area contributed by atoms with E-state index < -0.39 is 0 Å². The lowest BCUT2D eigenvalue weighted by Crippen LogP contribution is -2.39. The lowest BCUT2D eigenvalue weighted by atomic mass is 10.00. The molecule has 4 nitrogen and oxygen atoms in total. The number of nitrogens with zero attached hydrogens (tertiary/aromatic N) is 3. The number of hydrogen-bond donors (Lipinski definition) is 0. The van der Waals surface area contributed by atoms with E-state index in [1.54, 1.807) is 6.20 Å². The molecule has 2 heterocycles. The zero-order valence-corrected chi connectivity index (χ0v) is 12.8. The molecule has 1 aliphatic rings. The molecule has 4 heteroatoms. The van der Waals surface area contributed by atoms with Crippen LogP contribution in [0.25, 0.3) is 0 Å². The molecule has 2 rings (SSSR count). The van der Waals surface area contributed by atoms with Crippen LogP contribution in [-0.2, 0) is 0 Å². The van der Waals surface area contributed by atoms with Crippen LogP contribution in [-0.4, -0.2) is 42.0 Å². The second kappa shape index (κ2) is 6.73. The van der Waals surface area contributed by atoms with Gasteiger partial charge in [-0.05, 0) is 38.7 Å². The highest BCUT2D eigenvalue weighted by Crippen LogP contribution is 2.20. The Bertz CT molecular complexity index is 457. The van der Waals surface area contributed by atoms with E-state index in [0.717, 1.165) is 38.3 Å². The van der Waals surface area contributed by atoms with E-state index in [1.807, 2.05) is 17.2 Å². The highest BCUT2D eigenvalue weighted by molar-refractivity contribution is 5.94. The Kier molecular flexibility index (Phi) is 4.99. The topological polar surface area (TPSA) is 36.4 Å². The first-order valence-electron chi connectivity index (χ1n) is 7.65. The second-order valence-corrected chi connectivity index (χ2v) is 5.60. The molecule has 1 aliphatic heterocycles. The Morgan fingerprint density at radius 1 is 1.40 bits per heavy atom. The first-order valence-corrected chi connectivity index (χ1v) is 7.65. The molecule has 1 aromatic rings. The van der Waals surface area contributed by atoms with Gasteiger partial charge in [-0.3, -0.25) is 9.78 Å². The lowest BCUT2D eigenvalue weighted by molar-refractivity contribution is 0.0682. The van der Waals surface area contributed by atoms with E-state index in [1.165, 1.54) is 6.42 Å². The summed E-state index contributed by atoms with van der Waals surface area (Å²) in [5.41, 5.74) is 1.74. The molecular weight excluding hydrogens is 250 g/mol. The number of pyridine rings is 1. The third kappa shape index (κ3) is 3.30. The van der Waals surface area contributed by atoms with Gasteiger partial charge in [-0.1, -0.05) is 6.92 Å². The number of amides is 1. The Morgan fingerprint density at radius 2 is 2.15 bits per heavy atom. The van der Waals surface area contributed by atoms with Gasteiger partial charge in [0.1, 0.15) is 0 Å². The zero-order chi connectivity index (χ0) is 14.5. The first-order chi connectivity index (χ1) is 9.65. The number of carbonyl (C=O) groups excluding carboxylic acids is 1. The van der Waals surface area contributed by atoms with Crippen molar-refractivity contribution in [1.29, 1.82) is 0 Å². The molecule has 110 valence electrons. The van der Waals surface area contributed by atoms with Gasteiger partial charge in [0.2, 0.25) is 0 Å². The Balaban J connectivity index is 2.15. The molecule has 1 saturated heterocycles. The Morgan fingerprint density at radius 3 is 2.80 bits per heavy atom. The van der Waals surface area contributed by atoms with Crippen LogP contribution >= 0.6 is 0 Å². The van der Waals surface area contributed by atoms with Crippen LogP contribution < -0.4 is 4.90 Å². The molecule has 1 amide bonds. The highest BCUT2D eigenvalue weighted by Gasteiger charge is 2.22. The smallest absolute Gasteiger partial charge is 0.255 e. The Hall–Kier alpha value is -1.58. The van der Waals surface area contributed by atoms with Gasteiger partial charge in [0.25, 0.3) is 5.91 Å². The minimum absolute atomic E-state index is 0.123. The van der Waals surface area contributed by atoms with Crippen LogP contribution in [0.15, 0.2) is 18.5 Å². The summed E-state index contributed by atoms with van der Waals surface area (Å²) in [5.74, 6) is 0.727. The number of likely N-dealkylation sites (tertiary alicyclic amines) is 1. The molecule has 20 heavy (non-hydrogen) atoms. The molecule has 0 aliphatic carbocycles. The standard InChI is InChI=1S/C16H25N3O/c1-4-18(5-2)15-9-14(10-17-11-15)16(20)19-8-6-7-13(3)12-19/h9-11,13H,4-8,12H2,1-3H3. The highest BCUT2D eigenvalue weighted by atomic mass is 16.2. The zero-order valence-electron chi connectivity index (χ0n) is 12.8. The van der Waals surface area contributed by atoms with Gasteiger partial charge < -0.3 is 9.80 Å². The quantitative estimate of drug-likeness (QED) is 0.848. The maximum absolute atomic E-state index is 12.6. The molecule has 0 N–H and O–H groups in total. The van der Waals surface area contributed by atoms with Crippen molar-refractivity contribution >= 4 is 11.6 Å². The molecule has 0 saturated carbocycles. The van der Waals surface area contributed by atoms with Gasteiger partial charge in [-0.2, -0.15) is 0 Å². The SMILES string of the molecule is CCN(CC)c1cncc(C(=O)N2CCCC(C)C2)c1. The third-order valence-electron chi connectivity index (χ3n) is 4.04. The molecule has 0 radical (unpaired) electrons. The minimum atomic E-state index is 0.123. The fraction of sp³-hybridized carbons (Fsp3) is 0.625. The lowest BCUT2D eigenvalue weighted by Gasteiger charge is -2.31. The third-order valence-corrected chi connectivity index (χ3v) is 4.04. The van der Waals surface area contributed by atoms with Crippen LogP contribution in [0.3, 0.4) is 0 Å². The number of carbonyl (C=O) groups is 1. The fourth-order valence-corrected chi connectivity index (χ4v) is 2.86. The van der Waals surface area contributed by atoms with Gasteiger partial charge in [0, 0.05) is 32.4 Å². The minimum Gasteiger partial charge on any atom is -0.371 e. The van der Waals surface area contributed by atoms with Crippen LogP contribution in [0.5, 0.6) is 0 Å². The van der Waals surface area contributed by atoms with Gasteiger partial charge in [-0.15, -0.1) is 0 Å². The molecule has 1 aromatic heterocycles. The summed E-state index contributed by atoms with van der Waals surface area (Å²) in [6, 6.07) is 1.97. The van der Waals surface area contributed by atoms with Gasteiger partial charge in [-0.25, -0.2) is 0 Å². The van der Waals surface area contributed by atoms with Crippen molar-refractivity contribution in [2.45, 2.75) is 33.6 Å². The molecular formula is C16H25N3O. The van der Waals surface area contributed by atoms with Crippen LogP contribution in [0.4, 0.5) is 5.69 Å². The summed E-state index contributed by atoms with van der Waals surface area (Å²) in [6.07, 6.45) is 5.86. The van der Waals surface area contributed by atoms with Crippen LogP contribution in [0, 0.1) is 5.92 Å². The maximum atomic E-state index is 12.6. The van der Waals surface area contributed by atoms with E-state index in [-0.39, 0.29) is 5.91 Å². The molecule has 0 aromatic carbocycles. The molecule has 1 fully saturated rings. The number of anilines is 1. The van der Waals surface area contributed by atoms with Crippen molar-refractivity contribution in [3.05, 3.63) is 24.0 Å². The predicted octanol–water partition coefficient (Wildman–Crippen LogP) is 2.80. The van der Waals surface area contributed by atoms with Gasteiger partial charge in [0.05, 0.1) is 17.4 Å². The normalized spacial score (nSPS) is 18.9. The van der Waals surface area contributed by atoms with Crippen molar-refractivity contribution in [3.63, 3.8) is 0 Å². The van der Waals surface area contributed by atoms with Crippen molar-refractivity contribution in [3.8, 4) is 0 Å². The van der Waals surface area contributed by atoms with E-state index >= 15 is 0 Å². The summed E-state index contributed by atoms with van der Waals surface area (Å²) in [6.45, 7) is 10.0. The number of hydrogen-bond acceptors (Lipinski definition) is 3. The number of aromatic nitrogens is 1. The maximum Gasteiger partial charge on any atom is 0.255 e. The van der Waals surface area contributed by atoms with E-state index in [9.17, 15) is 4.79 Å². The largest absolute Gasteiger partial charge is 0.371 e. The predicted molar refractivity (Wildman–Crippen MR) is 82.1 cm³/mol. The molecule has 1 atom stereocenters. The average Bonchev–Trinajstić information content (AvgIpc) is 2.48. The molecule has 1 unspecified atom stereocenters. The Labute approximate surface area is 121 Å². The summed E-state index contributed by atoms with van der Waals surface area (Å²) in [7, 11) is 0. The summed E-state index contributed by atoms with van der Waals surface area (Å²) in [5, 5.41) is 0. The summed E-state index contributed by atoms with van der Waals surface area (Å²) < 4.78 is 0. The molecule has 0 spiro atoms. The van der Waals surface area contributed by atoms with Gasteiger partial charge in [0.15, 0.2) is 0 Å². The molecule has 0 bridgehead atoms. The first kappa shape index (κ1) is 14.8. The average molecular weight is 275 g/mol. The van der Waals surface area contributed by atoms with Crippen molar-refractivity contribution in [2.75, 3.05) is 31.1 Å². The van der Waals surface area contributed by atoms with E-state index in [4.69, 9.17) is 0 Å². The summed E-state index contributed by atoms with van der Waals surface area (Å²) in [4.78, 5) is 21.0. The summed E-state index contributed by atoms with van der Waals surface area (Å²) >= 11 is 0. The number of rotatable bonds is 4. The second-order valence-electron chi connectivity index (χ2n) is 5.60. The van der Waals surface area contributed by atoms with E-state index in [0.29, 0.717) is 11.5 Å². The van der Waals surface area contributed by atoms with Crippen molar-refractivity contribution in [2.24, 2.45) is 5.92 Å². The van der Waals surface area contributed by atoms with Crippen molar-refractivity contribution in [1.82, 2.24) is 9.88 Å². The van der Waals surface area contributed by atoms with Crippen LogP contribution in [0.1, 0.15) is 44.0 Å². The number of piperidine rings is 1. The van der Waals surface area contributed by atoms with E-state index in [2.05, 4.69) is 30.7 Å². The fourth-order valence-electron chi connectivity index (χ4n) is 2.86.